The van der Waals surface area contributed by atoms with Crippen LogP contribution in [0.2, 0.25) is 0 Å². The lowest BCUT2D eigenvalue weighted by molar-refractivity contribution is -0.119. The highest BCUT2D eigenvalue weighted by molar-refractivity contribution is 6.05. The second-order valence-electron chi connectivity index (χ2n) is 5.02. The Balaban J connectivity index is 2.39. The highest BCUT2D eigenvalue weighted by atomic mass is 16.4. The van der Waals surface area contributed by atoms with Gasteiger partial charge in [-0.2, -0.15) is 0 Å². The molecule has 0 saturated carbocycles. The molecule has 0 heterocycles. The second kappa shape index (κ2) is 6.37. The molecule has 0 fully saturated rings. The number of nitrogens with one attached hydrogen (secondary N) is 1. The topological polar surface area (TPSA) is 92.4 Å². The summed E-state index contributed by atoms with van der Waals surface area (Å²) >= 11 is 0. The Labute approximate surface area is 122 Å². The lowest BCUT2D eigenvalue weighted by atomic mass is 10.0. The quantitative estimate of drug-likeness (QED) is 0.787. The molecule has 5 nitrogen and oxygen atoms in total. The Bertz CT molecular complexity index is 682. The molecule has 0 aliphatic heterocycles. The van der Waals surface area contributed by atoms with E-state index in [1.165, 1.54) is 0 Å². The number of fused-ring (bicyclic) bond motifs is 1. The van der Waals surface area contributed by atoms with Gasteiger partial charge >= 0.3 is 5.97 Å². The van der Waals surface area contributed by atoms with Crippen molar-refractivity contribution in [2.24, 2.45) is 11.7 Å². The molecule has 0 bridgehead atoms. The van der Waals surface area contributed by atoms with Crippen LogP contribution in [-0.2, 0) is 4.79 Å². The van der Waals surface area contributed by atoms with E-state index in [1.54, 1.807) is 19.1 Å². The third-order valence-electron chi connectivity index (χ3n) is 3.42. The molecule has 0 aliphatic rings. The second-order valence-corrected chi connectivity index (χ2v) is 5.02. The molecule has 0 aromatic heterocycles. The van der Waals surface area contributed by atoms with Gasteiger partial charge < -0.3 is 16.2 Å². The number of rotatable bonds is 5. The number of nitrogens with two attached hydrogens (primary N) is 1. The molecular weight excluding hydrogens is 268 g/mol. The fourth-order valence-electron chi connectivity index (χ4n) is 2.16. The van der Waals surface area contributed by atoms with Gasteiger partial charge in [-0.1, -0.05) is 31.2 Å². The minimum Gasteiger partial charge on any atom is -0.478 e. The number of anilines is 1. The molecule has 0 saturated heterocycles. The smallest absolute Gasteiger partial charge is 0.337 e. The van der Waals surface area contributed by atoms with Crippen LogP contribution in [0.5, 0.6) is 0 Å². The van der Waals surface area contributed by atoms with Crippen molar-refractivity contribution in [3.8, 4) is 0 Å². The van der Waals surface area contributed by atoms with E-state index in [9.17, 15) is 14.7 Å². The van der Waals surface area contributed by atoms with Gasteiger partial charge in [0, 0.05) is 5.92 Å². The van der Waals surface area contributed by atoms with Gasteiger partial charge in [0.05, 0.1) is 11.3 Å². The number of carbonyl (C=O) groups is 2. The zero-order valence-electron chi connectivity index (χ0n) is 11.8. The van der Waals surface area contributed by atoms with E-state index in [2.05, 4.69) is 5.32 Å². The summed E-state index contributed by atoms with van der Waals surface area (Å²) < 4.78 is 0. The predicted molar refractivity (Wildman–Crippen MR) is 82.4 cm³/mol. The first-order valence-corrected chi connectivity index (χ1v) is 6.80. The van der Waals surface area contributed by atoms with E-state index in [0.717, 1.165) is 10.8 Å². The van der Waals surface area contributed by atoms with Crippen molar-refractivity contribution in [2.45, 2.75) is 13.3 Å². The van der Waals surface area contributed by atoms with Gasteiger partial charge in [-0.15, -0.1) is 0 Å². The fourth-order valence-corrected chi connectivity index (χ4v) is 2.16. The van der Waals surface area contributed by atoms with Crippen LogP contribution in [-0.4, -0.2) is 23.5 Å². The summed E-state index contributed by atoms with van der Waals surface area (Å²) in [7, 11) is 0. The number of hydrogen-bond donors (Lipinski definition) is 3. The summed E-state index contributed by atoms with van der Waals surface area (Å²) in [6.07, 6.45) is 0.557. The fraction of sp³-hybridized carbons (Fsp3) is 0.250. The normalized spacial score (nSPS) is 12.1. The van der Waals surface area contributed by atoms with Gasteiger partial charge in [0.15, 0.2) is 0 Å². The molecule has 1 atom stereocenters. The molecule has 2 aromatic rings. The van der Waals surface area contributed by atoms with Crippen LogP contribution in [0.15, 0.2) is 36.4 Å². The van der Waals surface area contributed by atoms with Gasteiger partial charge in [-0.05, 0) is 35.9 Å². The highest BCUT2D eigenvalue weighted by Gasteiger charge is 2.17. The van der Waals surface area contributed by atoms with Crippen LogP contribution in [0, 0.1) is 5.92 Å². The number of carboxylic acids is 1. The van der Waals surface area contributed by atoms with Crippen molar-refractivity contribution in [1.82, 2.24) is 0 Å². The van der Waals surface area contributed by atoms with E-state index < -0.39 is 5.97 Å². The molecule has 2 aromatic carbocycles. The average molecular weight is 286 g/mol. The molecule has 0 radical (unpaired) electrons. The maximum atomic E-state index is 12.1. The Kier molecular flexibility index (Phi) is 4.55. The van der Waals surface area contributed by atoms with Crippen molar-refractivity contribution >= 4 is 28.3 Å². The minimum atomic E-state index is -1.07. The summed E-state index contributed by atoms with van der Waals surface area (Å²) in [6, 6.07) is 10.7. The monoisotopic (exact) mass is 286 g/mol. The number of hydrogen-bond acceptors (Lipinski definition) is 3. The SMILES string of the molecule is CC(CCN)C(=O)Nc1cc2ccccc2cc1C(=O)O. The van der Waals surface area contributed by atoms with Gasteiger partial charge in [-0.3, -0.25) is 4.79 Å². The summed E-state index contributed by atoms with van der Waals surface area (Å²) in [4.78, 5) is 23.4. The number of amides is 1. The van der Waals surface area contributed by atoms with Crippen molar-refractivity contribution in [2.75, 3.05) is 11.9 Å². The molecule has 0 spiro atoms. The molecule has 110 valence electrons. The summed E-state index contributed by atoms with van der Waals surface area (Å²) in [5.41, 5.74) is 5.84. The summed E-state index contributed by atoms with van der Waals surface area (Å²) in [5.74, 6) is -1.55. The standard InChI is InChI=1S/C16H18N2O3/c1-10(6-7-17)15(19)18-14-9-12-5-3-2-4-11(12)8-13(14)16(20)21/h2-5,8-10H,6-7,17H2,1H3,(H,18,19)(H,20,21). The average Bonchev–Trinajstić information content (AvgIpc) is 2.46. The molecular formula is C16H18N2O3. The van der Waals surface area contributed by atoms with Crippen LogP contribution in [0.25, 0.3) is 10.8 Å². The highest BCUT2D eigenvalue weighted by Crippen LogP contribution is 2.25. The lowest BCUT2D eigenvalue weighted by Gasteiger charge is -2.14. The van der Waals surface area contributed by atoms with Gasteiger partial charge in [0.2, 0.25) is 5.91 Å². The third kappa shape index (κ3) is 3.38. The number of aromatic carboxylic acids is 1. The first-order valence-electron chi connectivity index (χ1n) is 6.80. The van der Waals surface area contributed by atoms with E-state index in [4.69, 9.17) is 5.73 Å². The first-order chi connectivity index (χ1) is 10.0. The van der Waals surface area contributed by atoms with Crippen LogP contribution >= 0.6 is 0 Å². The summed E-state index contributed by atoms with van der Waals surface area (Å²) in [5, 5.41) is 13.7. The maximum absolute atomic E-state index is 12.1. The van der Waals surface area contributed by atoms with E-state index in [0.29, 0.717) is 18.7 Å². The Morgan fingerprint density at radius 1 is 1.24 bits per heavy atom. The maximum Gasteiger partial charge on any atom is 0.337 e. The Morgan fingerprint density at radius 2 is 1.86 bits per heavy atom. The van der Waals surface area contributed by atoms with Crippen molar-refractivity contribution in [1.29, 1.82) is 0 Å². The molecule has 4 N–H and O–H groups in total. The van der Waals surface area contributed by atoms with Crippen LogP contribution in [0.1, 0.15) is 23.7 Å². The van der Waals surface area contributed by atoms with E-state index in [1.807, 2.05) is 24.3 Å². The molecule has 1 unspecified atom stereocenters. The molecule has 5 heteroatoms. The number of carboxylic acid groups (broad SMARTS) is 1. The first kappa shape index (κ1) is 15.0. The molecule has 1 amide bonds. The zero-order valence-corrected chi connectivity index (χ0v) is 11.8. The van der Waals surface area contributed by atoms with Gasteiger partial charge in [0.25, 0.3) is 0 Å². The van der Waals surface area contributed by atoms with E-state index >= 15 is 0 Å². The van der Waals surface area contributed by atoms with Crippen molar-refractivity contribution in [3.05, 3.63) is 42.0 Å². The Morgan fingerprint density at radius 3 is 2.43 bits per heavy atom. The van der Waals surface area contributed by atoms with Crippen LogP contribution in [0.3, 0.4) is 0 Å². The van der Waals surface area contributed by atoms with Crippen molar-refractivity contribution in [3.63, 3.8) is 0 Å². The van der Waals surface area contributed by atoms with Crippen molar-refractivity contribution < 1.29 is 14.7 Å². The van der Waals surface area contributed by atoms with E-state index in [-0.39, 0.29) is 17.4 Å². The third-order valence-corrected chi connectivity index (χ3v) is 3.42. The number of benzene rings is 2. The molecule has 2 rings (SSSR count). The zero-order chi connectivity index (χ0) is 15.4. The summed E-state index contributed by atoms with van der Waals surface area (Å²) in [6.45, 7) is 2.18. The lowest BCUT2D eigenvalue weighted by Crippen LogP contribution is -2.23. The minimum absolute atomic E-state index is 0.0852. The number of carbonyl (C=O) groups excluding carboxylic acids is 1. The Hall–Kier alpha value is -2.40. The van der Waals surface area contributed by atoms with Crippen LogP contribution < -0.4 is 11.1 Å². The van der Waals surface area contributed by atoms with Gasteiger partial charge in [-0.25, -0.2) is 4.79 Å². The molecule has 21 heavy (non-hydrogen) atoms. The van der Waals surface area contributed by atoms with Gasteiger partial charge in [0.1, 0.15) is 0 Å². The van der Waals surface area contributed by atoms with Crippen LogP contribution in [0.4, 0.5) is 5.69 Å². The predicted octanol–water partition coefficient (Wildman–Crippen LogP) is 2.46. The molecule has 0 aliphatic carbocycles. The largest absolute Gasteiger partial charge is 0.478 e.